The normalized spacial score (nSPS) is 22.0. The number of hydrogen-bond acceptors (Lipinski definition) is 4. The maximum Gasteiger partial charge on any atom is 0.327 e. The predicted octanol–water partition coefficient (Wildman–Crippen LogP) is 2.79. The molecule has 0 N–H and O–H groups in total. The van der Waals surface area contributed by atoms with Crippen LogP contribution in [0.2, 0.25) is 5.02 Å². The first-order valence-corrected chi connectivity index (χ1v) is 8.92. The number of nitrogens with zero attached hydrogens (tertiary/aromatic N) is 1. The number of hydrogen-bond donors (Lipinski definition) is 0. The third-order valence-corrected chi connectivity index (χ3v) is 5.23. The van der Waals surface area contributed by atoms with Gasteiger partial charge in [-0.2, -0.15) is 0 Å². The Bertz CT molecular complexity index is 848. The predicted molar refractivity (Wildman–Crippen MR) is 96.3 cm³/mol. The second-order valence-corrected chi connectivity index (χ2v) is 6.91. The van der Waals surface area contributed by atoms with Gasteiger partial charge in [0.15, 0.2) is 0 Å². The number of amides is 1. The first kappa shape index (κ1) is 17.1. The van der Waals surface area contributed by atoms with Crippen LogP contribution in [0.25, 0.3) is 0 Å². The maximum atomic E-state index is 13.0. The number of esters is 1. The van der Waals surface area contributed by atoms with E-state index in [4.69, 9.17) is 21.1 Å². The van der Waals surface area contributed by atoms with E-state index < -0.39 is 11.4 Å². The molecule has 0 aromatic heterocycles. The van der Waals surface area contributed by atoms with Gasteiger partial charge in [0.2, 0.25) is 5.91 Å². The van der Waals surface area contributed by atoms with E-state index in [9.17, 15) is 9.59 Å². The van der Waals surface area contributed by atoms with Gasteiger partial charge in [-0.3, -0.25) is 9.59 Å². The lowest BCUT2D eigenvalue weighted by Crippen LogP contribution is -2.46. The average molecular weight is 372 g/mol. The molecule has 0 bridgehead atoms. The molecule has 2 heterocycles. The van der Waals surface area contributed by atoms with Crippen LogP contribution in [-0.2, 0) is 19.7 Å². The molecule has 2 aromatic rings. The van der Waals surface area contributed by atoms with E-state index in [1.54, 1.807) is 23.1 Å². The Labute approximate surface area is 156 Å². The minimum atomic E-state index is -1.18. The Hall–Kier alpha value is -2.37. The fourth-order valence-electron chi connectivity index (χ4n) is 3.64. The van der Waals surface area contributed by atoms with Gasteiger partial charge in [-0.15, -0.1) is 0 Å². The first-order chi connectivity index (χ1) is 12.6. The van der Waals surface area contributed by atoms with Gasteiger partial charge < -0.3 is 14.4 Å². The summed E-state index contributed by atoms with van der Waals surface area (Å²) in [6.45, 7) is 2.08. The van der Waals surface area contributed by atoms with Crippen LogP contribution in [-0.4, -0.2) is 43.1 Å². The molecule has 6 heteroatoms. The Morgan fingerprint density at radius 3 is 2.58 bits per heavy atom. The molecule has 1 saturated heterocycles. The number of benzene rings is 2. The molecule has 4 rings (SSSR count). The van der Waals surface area contributed by atoms with E-state index in [0.29, 0.717) is 42.6 Å². The fraction of sp³-hybridized carbons (Fsp3) is 0.300. The van der Waals surface area contributed by atoms with Gasteiger partial charge in [0, 0.05) is 23.7 Å². The van der Waals surface area contributed by atoms with Crippen molar-refractivity contribution in [1.82, 2.24) is 4.90 Å². The molecule has 2 aliphatic heterocycles. The number of fused-ring (bicyclic) bond motifs is 1. The Kier molecular flexibility index (Phi) is 4.42. The van der Waals surface area contributed by atoms with Crippen LogP contribution >= 0.6 is 11.6 Å². The molecule has 5 nitrogen and oxygen atoms in total. The molecule has 26 heavy (non-hydrogen) atoms. The van der Waals surface area contributed by atoms with Crippen molar-refractivity contribution in [2.24, 2.45) is 0 Å². The first-order valence-electron chi connectivity index (χ1n) is 8.54. The van der Waals surface area contributed by atoms with Gasteiger partial charge in [-0.05, 0) is 23.8 Å². The van der Waals surface area contributed by atoms with Crippen molar-refractivity contribution in [3.05, 3.63) is 64.7 Å². The lowest BCUT2D eigenvalue weighted by molar-refractivity contribution is -0.143. The highest BCUT2D eigenvalue weighted by Gasteiger charge is 2.52. The molecule has 1 unspecified atom stereocenters. The topological polar surface area (TPSA) is 55.8 Å². The van der Waals surface area contributed by atoms with Gasteiger partial charge in [-0.1, -0.05) is 41.9 Å². The van der Waals surface area contributed by atoms with Crippen molar-refractivity contribution in [1.29, 1.82) is 0 Å². The highest BCUT2D eigenvalue weighted by atomic mass is 35.5. The van der Waals surface area contributed by atoms with Crippen LogP contribution in [0.5, 0.6) is 5.75 Å². The Morgan fingerprint density at radius 1 is 1.12 bits per heavy atom. The number of carbonyl (C=O) groups excluding carboxylic acids is 2. The molecular weight excluding hydrogens is 354 g/mol. The van der Waals surface area contributed by atoms with E-state index in [0.717, 1.165) is 5.56 Å². The minimum Gasteiger partial charge on any atom is -0.425 e. The number of rotatable bonds is 3. The van der Waals surface area contributed by atoms with E-state index in [1.807, 2.05) is 30.3 Å². The van der Waals surface area contributed by atoms with Crippen molar-refractivity contribution in [3.63, 3.8) is 0 Å². The van der Waals surface area contributed by atoms with E-state index in [2.05, 4.69) is 0 Å². The summed E-state index contributed by atoms with van der Waals surface area (Å²) < 4.78 is 10.8. The second kappa shape index (κ2) is 6.74. The molecular formula is C20H18ClNO4. The number of halogens is 1. The van der Waals surface area contributed by atoms with Gasteiger partial charge in [0.1, 0.15) is 11.2 Å². The highest BCUT2D eigenvalue weighted by molar-refractivity contribution is 6.30. The van der Waals surface area contributed by atoms with Crippen molar-refractivity contribution < 1.29 is 19.1 Å². The number of carbonyl (C=O) groups is 2. The van der Waals surface area contributed by atoms with Crippen LogP contribution in [0.4, 0.5) is 0 Å². The average Bonchev–Trinajstić information content (AvgIpc) is 2.95. The van der Waals surface area contributed by atoms with Crippen molar-refractivity contribution in [2.45, 2.75) is 11.8 Å². The molecule has 1 fully saturated rings. The number of morpholine rings is 1. The summed E-state index contributed by atoms with van der Waals surface area (Å²) in [7, 11) is 0. The lowest BCUT2D eigenvalue weighted by atomic mass is 9.72. The van der Waals surface area contributed by atoms with Crippen molar-refractivity contribution >= 4 is 23.5 Å². The van der Waals surface area contributed by atoms with E-state index in [1.165, 1.54) is 0 Å². The molecule has 0 radical (unpaired) electrons. The minimum absolute atomic E-state index is 0.00316. The molecule has 134 valence electrons. The zero-order chi connectivity index (χ0) is 18.1. The van der Waals surface area contributed by atoms with Crippen LogP contribution in [0.15, 0.2) is 48.5 Å². The Balaban J connectivity index is 1.81. The molecule has 0 spiro atoms. The SMILES string of the molecule is O=C(CC1(c2ccccc2)C(=O)Oc2ccc(Cl)cc21)N1CCOCC1. The van der Waals surface area contributed by atoms with Crippen molar-refractivity contribution in [3.8, 4) is 5.75 Å². The lowest BCUT2D eigenvalue weighted by Gasteiger charge is -2.32. The largest absolute Gasteiger partial charge is 0.425 e. The molecule has 2 aliphatic rings. The molecule has 0 saturated carbocycles. The fourth-order valence-corrected chi connectivity index (χ4v) is 3.81. The smallest absolute Gasteiger partial charge is 0.327 e. The maximum absolute atomic E-state index is 13.0. The van der Waals surface area contributed by atoms with Gasteiger partial charge >= 0.3 is 5.97 Å². The van der Waals surface area contributed by atoms with Gasteiger partial charge in [0.25, 0.3) is 0 Å². The summed E-state index contributed by atoms with van der Waals surface area (Å²) in [5.74, 6) is -0.0810. The van der Waals surface area contributed by atoms with Gasteiger partial charge in [0.05, 0.1) is 19.6 Å². The number of ether oxygens (including phenoxy) is 2. The zero-order valence-electron chi connectivity index (χ0n) is 14.1. The molecule has 0 aliphatic carbocycles. The van der Waals surface area contributed by atoms with E-state index >= 15 is 0 Å². The summed E-state index contributed by atoms with van der Waals surface area (Å²) in [5, 5.41) is 0.501. The molecule has 1 amide bonds. The van der Waals surface area contributed by atoms with E-state index in [-0.39, 0.29) is 12.3 Å². The van der Waals surface area contributed by atoms with Crippen LogP contribution in [0, 0.1) is 0 Å². The standard InChI is InChI=1S/C20H18ClNO4/c21-15-6-7-17-16(12-15)20(19(24)26-17,14-4-2-1-3-5-14)13-18(23)22-8-10-25-11-9-22/h1-7,12H,8-11,13H2. The second-order valence-electron chi connectivity index (χ2n) is 6.47. The van der Waals surface area contributed by atoms with Gasteiger partial charge in [-0.25, -0.2) is 0 Å². The highest BCUT2D eigenvalue weighted by Crippen LogP contribution is 2.48. The van der Waals surface area contributed by atoms with Crippen LogP contribution < -0.4 is 4.74 Å². The summed E-state index contributed by atoms with van der Waals surface area (Å²) in [6, 6.07) is 14.4. The molecule has 2 aromatic carbocycles. The summed E-state index contributed by atoms with van der Waals surface area (Å²) in [6.07, 6.45) is 0.00316. The van der Waals surface area contributed by atoms with Crippen LogP contribution in [0.1, 0.15) is 17.5 Å². The third-order valence-electron chi connectivity index (χ3n) is 5.00. The molecule has 1 atom stereocenters. The van der Waals surface area contributed by atoms with Crippen LogP contribution in [0.3, 0.4) is 0 Å². The summed E-state index contributed by atoms with van der Waals surface area (Å²) in [5.41, 5.74) is 0.187. The monoisotopic (exact) mass is 371 g/mol. The zero-order valence-corrected chi connectivity index (χ0v) is 14.9. The quantitative estimate of drug-likeness (QED) is 0.615. The summed E-state index contributed by atoms with van der Waals surface area (Å²) >= 11 is 6.19. The summed E-state index contributed by atoms with van der Waals surface area (Å²) in [4.78, 5) is 27.8. The Morgan fingerprint density at radius 2 is 1.85 bits per heavy atom. The third kappa shape index (κ3) is 2.77. The van der Waals surface area contributed by atoms with Crippen molar-refractivity contribution in [2.75, 3.05) is 26.3 Å².